The second-order valence-electron chi connectivity index (χ2n) is 2.39. The van der Waals surface area contributed by atoms with Gasteiger partial charge in [-0.05, 0) is 0 Å². The molecule has 0 saturated carbocycles. The van der Waals surface area contributed by atoms with Gasteiger partial charge in [-0.15, -0.1) is 6.42 Å². The summed E-state index contributed by atoms with van der Waals surface area (Å²) in [6.07, 6.45) is 8.59. The van der Waals surface area contributed by atoms with Gasteiger partial charge in [-0.1, -0.05) is 19.8 Å². The van der Waals surface area contributed by atoms with Gasteiger partial charge in [-0.25, -0.2) is 11.6 Å². The van der Waals surface area contributed by atoms with Crippen molar-refractivity contribution in [3.05, 3.63) is 23.8 Å². The Balaban J connectivity index is -0.0000000755. The van der Waals surface area contributed by atoms with Crippen LogP contribution in [0.2, 0.25) is 0 Å². The molecule has 0 N–H and O–H groups in total. The Morgan fingerprint density at radius 1 is 1.13 bits per heavy atom. The molecule has 15 heavy (non-hydrogen) atoms. The topological polar surface area (TPSA) is 51.2 Å². The molecule has 1 radical (unpaired) electrons. The monoisotopic (exact) mass is 384 g/mol. The molecule has 0 aliphatic heterocycles. The zero-order chi connectivity index (χ0) is 12.0. The summed E-state index contributed by atoms with van der Waals surface area (Å²) in [4.78, 5) is 24.0. The van der Waals surface area contributed by atoms with Crippen LogP contribution < -0.4 is 0 Å². The van der Waals surface area contributed by atoms with Crippen molar-refractivity contribution in [3.8, 4) is 0 Å². The summed E-state index contributed by atoms with van der Waals surface area (Å²) in [5.41, 5.74) is 1.37. The fourth-order valence-corrected chi connectivity index (χ4v) is 0.818. The van der Waals surface area contributed by atoms with E-state index < -0.39 is 0 Å². The van der Waals surface area contributed by atoms with E-state index in [1.807, 2.05) is 20.4 Å². The molecule has 0 aromatic carbocycles. The number of carbonyl (C=O) groups is 3. The molecule has 1 aliphatic carbocycles. The minimum absolute atomic E-state index is 0. The molecular weight excluding hydrogens is 366 g/mol. The van der Waals surface area contributed by atoms with Gasteiger partial charge in [0.05, 0.1) is 0 Å². The van der Waals surface area contributed by atoms with Crippen LogP contribution in [-0.2, 0) is 34.8 Å². The van der Waals surface area contributed by atoms with Crippen molar-refractivity contribution in [2.24, 2.45) is 5.92 Å². The van der Waals surface area contributed by atoms with Crippen molar-refractivity contribution in [2.75, 3.05) is 0 Å². The Bertz CT molecular complexity index is 172. The first kappa shape index (κ1) is 23.8. The number of hydrogen-bond donors (Lipinski definition) is 0. The second kappa shape index (κ2) is 23.2. The van der Waals surface area contributed by atoms with Crippen molar-refractivity contribution in [3.63, 3.8) is 0 Å². The molecule has 0 unspecified atom stereocenters. The maximum Gasteiger partial charge on any atom is 0.106 e. The maximum atomic E-state index is 8.00. The van der Waals surface area contributed by atoms with Crippen LogP contribution in [0.5, 0.6) is 0 Å². The van der Waals surface area contributed by atoms with E-state index in [2.05, 4.69) is 32.1 Å². The van der Waals surface area contributed by atoms with Crippen molar-refractivity contribution in [2.45, 2.75) is 20.3 Å². The van der Waals surface area contributed by atoms with Gasteiger partial charge in [-0.2, -0.15) is 6.08 Å². The molecule has 0 bridgehead atoms. The number of carbonyl (C=O) groups excluding carboxylic acids is 3. The van der Waals surface area contributed by atoms with E-state index >= 15 is 0 Å². The summed E-state index contributed by atoms with van der Waals surface area (Å²) < 4.78 is 0. The van der Waals surface area contributed by atoms with Crippen molar-refractivity contribution >= 4 is 20.4 Å². The minimum atomic E-state index is 0. The molecule has 1 aliphatic rings. The molecule has 0 fully saturated rings. The molecule has 0 spiro atoms. The van der Waals surface area contributed by atoms with E-state index in [0.717, 1.165) is 6.42 Å². The third-order valence-electron chi connectivity index (χ3n) is 1.34. The Morgan fingerprint density at radius 3 is 1.67 bits per heavy atom. The molecule has 4 heteroatoms. The van der Waals surface area contributed by atoms with Crippen LogP contribution in [0, 0.1) is 12.0 Å². The first-order chi connectivity index (χ1) is 6.80. The first-order valence-corrected chi connectivity index (χ1v) is 3.94. The summed E-state index contributed by atoms with van der Waals surface area (Å²) in [5.74, 6) is 0.661. The quantitative estimate of drug-likeness (QED) is 0.649. The largest absolute Gasteiger partial charge is 0.307 e. The van der Waals surface area contributed by atoms with Crippen LogP contribution in [0.4, 0.5) is 0 Å². The molecule has 0 saturated heterocycles. The average molecular weight is 383 g/mol. The normalized spacial score (nSPS) is 10.2. The summed E-state index contributed by atoms with van der Waals surface area (Å²) >= 11 is 0. The van der Waals surface area contributed by atoms with Gasteiger partial charge in [-0.3, -0.25) is 6.08 Å². The van der Waals surface area contributed by atoms with Gasteiger partial charge in [0.1, 0.15) is 20.4 Å². The van der Waals surface area contributed by atoms with E-state index in [-0.39, 0.29) is 20.4 Å². The van der Waals surface area contributed by atoms with E-state index in [1.54, 1.807) is 0 Å². The Labute approximate surface area is 105 Å². The van der Waals surface area contributed by atoms with Crippen LogP contribution >= 0.6 is 0 Å². The van der Waals surface area contributed by atoms with E-state index in [0.29, 0.717) is 5.92 Å². The van der Waals surface area contributed by atoms with Crippen LogP contribution in [0.25, 0.3) is 0 Å². The molecule has 0 aromatic rings. The standard InChI is InChI=1S/C8H11.3CH2O.Re/c1-7(2)8-5-3-4-6-8;3*1-2;/h3,5,7H,4H2,1-2H3;3*1H2;/q-1;;;;. The zero-order valence-corrected chi connectivity index (χ0v) is 11.9. The molecule has 3 nitrogen and oxygen atoms in total. The SMILES string of the molecule is C=O.C=O.C=O.CC(C)C1=[C-]CC=C1.[Re]. The fourth-order valence-electron chi connectivity index (χ4n) is 0.818. The Kier molecular flexibility index (Phi) is 36.7. The van der Waals surface area contributed by atoms with E-state index in [1.165, 1.54) is 5.57 Å². The van der Waals surface area contributed by atoms with Gasteiger partial charge in [0.25, 0.3) is 0 Å². The maximum absolute atomic E-state index is 8.00. The van der Waals surface area contributed by atoms with Crippen LogP contribution in [0.1, 0.15) is 20.3 Å². The molecule has 0 amide bonds. The molecule has 1 rings (SSSR count). The molecule has 0 heterocycles. The average Bonchev–Trinajstić information content (AvgIpc) is 2.80. The molecular formula is C11H17O3Re-. The van der Waals surface area contributed by atoms with Gasteiger partial charge < -0.3 is 14.4 Å². The summed E-state index contributed by atoms with van der Waals surface area (Å²) in [5, 5.41) is 0. The smallest absolute Gasteiger partial charge is 0.106 e. The fraction of sp³-hybridized carbons (Fsp3) is 0.364. The summed E-state index contributed by atoms with van der Waals surface area (Å²) in [6.45, 7) is 10.4. The van der Waals surface area contributed by atoms with Crippen LogP contribution in [-0.4, -0.2) is 20.4 Å². The van der Waals surface area contributed by atoms with Gasteiger partial charge in [0.15, 0.2) is 0 Å². The zero-order valence-electron chi connectivity index (χ0n) is 9.16. The van der Waals surface area contributed by atoms with E-state index in [9.17, 15) is 0 Å². The van der Waals surface area contributed by atoms with Gasteiger partial charge in [0, 0.05) is 20.4 Å². The number of allylic oxidation sites excluding steroid dienone is 4. The minimum Gasteiger partial charge on any atom is -0.307 e. The summed E-state index contributed by atoms with van der Waals surface area (Å²) in [6, 6.07) is 0. The van der Waals surface area contributed by atoms with Gasteiger partial charge in [0.2, 0.25) is 0 Å². The molecule has 0 aromatic heterocycles. The van der Waals surface area contributed by atoms with Crippen LogP contribution in [0.3, 0.4) is 0 Å². The Hall–Kier alpha value is -0.848. The van der Waals surface area contributed by atoms with Crippen molar-refractivity contribution in [1.29, 1.82) is 0 Å². The predicted octanol–water partition coefficient (Wildman–Crippen LogP) is 1.77. The van der Waals surface area contributed by atoms with Gasteiger partial charge >= 0.3 is 0 Å². The number of rotatable bonds is 1. The predicted molar refractivity (Wildman–Crippen MR) is 56.7 cm³/mol. The molecule has 87 valence electrons. The first-order valence-electron chi connectivity index (χ1n) is 3.94. The third kappa shape index (κ3) is 15.9. The summed E-state index contributed by atoms with van der Waals surface area (Å²) in [7, 11) is 0. The number of hydrogen-bond acceptors (Lipinski definition) is 3. The van der Waals surface area contributed by atoms with Crippen LogP contribution in [0.15, 0.2) is 17.7 Å². The third-order valence-corrected chi connectivity index (χ3v) is 1.34. The van der Waals surface area contributed by atoms with E-state index in [4.69, 9.17) is 14.4 Å². The second-order valence-corrected chi connectivity index (χ2v) is 2.39. The van der Waals surface area contributed by atoms with Crippen molar-refractivity contribution < 1.29 is 34.8 Å². The molecule has 0 atom stereocenters. The van der Waals surface area contributed by atoms with Crippen molar-refractivity contribution in [1.82, 2.24) is 0 Å². The Morgan fingerprint density at radius 2 is 1.53 bits per heavy atom.